The van der Waals surface area contributed by atoms with Crippen molar-refractivity contribution in [3.8, 4) is 0 Å². The van der Waals surface area contributed by atoms with Crippen molar-refractivity contribution in [1.29, 1.82) is 0 Å². The van der Waals surface area contributed by atoms with Gasteiger partial charge in [-0.2, -0.15) is 0 Å². The van der Waals surface area contributed by atoms with Gasteiger partial charge in [-0.05, 0) is 69.9 Å². The van der Waals surface area contributed by atoms with Crippen molar-refractivity contribution in [2.75, 3.05) is 38.1 Å². The molecule has 1 saturated carbocycles. The molecule has 1 aromatic heterocycles. The Morgan fingerprint density at radius 1 is 1.00 bits per heavy atom. The molecule has 6 heteroatoms. The number of likely N-dealkylation sites (tertiary alicyclic amines) is 1. The first-order valence-electron chi connectivity index (χ1n) is 10.8. The third-order valence-corrected chi connectivity index (χ3v) is 6.94. The molecule has 0 atom stereocenters. The highest BCUT2D eigenvalue weighted by Gasteiger charge is 2.30. The Balaban J connectivity index is 1.20. The number of carbonyl (C=O) groups is 1. The zero-order valence-electron chi connectivity index (χ0n) is 16.6. The minimum absolute atomic E-state index is 0.184. The third-order valence-electron chi connectivity index (χ3n) is 6.94. The molecule has 1 amide bonds. The van der Waals surface area contributed by atoms with E-state index in [1.165, 1.54) is 64.5 Å². The fourth-order valence-corrected chi connectivity index (χ4v) is 4.90. The van der Waals surface area contributed by atoms with E-state index in [1.807, 2.05) is 0 Å². The molecule has 27 heavy (non-hydrogen) atoms. The first-order chi connectivity index (χ1) is 13.2. The highest BCUT2D eigenvalue weighted by molar-refractivity contribution is 5.91. The molecule has 3 aliphatic rings. The number of hydrogen-bond donors (Lipinski definition) is 1. The minimum Gasteiger partial charge on any atom is -0.355 e. The van der Waals surface area contributed by atoms with Crippen molar-refractivity contribution < 1.29 is 4.79 Å². The smallest absolute Gasteiger partial charge is 0.271 e. The number of aromatic nitrogens is 2. The second-order valence-corrected chi connectivity index (χ2v) is 8.57. The molecule has 1 N–H and O–H groups in total. The van der Waals surface area contributed by atoms with E-state index < -0.39 is 0 Å². The zero-order chi connectivity index (χ0) is 18.6. The standard InChI is InChI=1S/C21H33N5O/c1-22-21(27)19-14-24-20(15-23-19)26-11-7-17(8-12-26)13-16-5-9-25(10-6-16)18-3-2-4-18/h14-18H,2-13H2,1H3,(H,22,27). The van der Waals surface area contributed by atoms with Gasteiger partial charge >= 0.3 is 0 Å². The maximum absolute atomic E-state index is 11.6. The molecular weight excluding hydrogens is 338 g/mol. The molecule has 148 valence electrons. The lowest BCUT2D eigenvalue weighted by molar-refractivity contribution is 0.0772. The van der Waals surface area contributed by atoms with Gasteiger partial charge in [-0.3, -0.25) is 4.79 Å². The Kier molecular flexibility index (Phi) is 5.91. The molecule has 0 spiro atoms. The molecule has 2 saturated heterocycles. The predicted molar refractivity (Wildman–Crippen MR) is 107 cm³/mol. The first-order valence-corrected chi connectivity index (χ1v) is 10.8. The number of rotatable bonds is 5. The number of nitrogens with one attached hydrogen (secondary N) is 1. The summed E-state index contributed by atoms with van der Waals surface area (Å²) in [5.41, 5.74) is 0.379. The van der Waals surface area contributed by atoms with Crippen LogP contribution in [-0.2, 0) is 0 Å². The van der Waals surface area contributed by atoms with Crippen molar-refractivity contribution in [2.45, 2.75) is 57.4 Å². The van der Waals surface area contributed by atoms with E-state index in [0.29, 0.717) is 5.69 Å². The normalized spacial score (nSPS) is 23.2. The summed E-state index contributed by atoms with van der Waals surface area (Å²) in [6.45, 7) is 4.78. The molecule has 1 aliphatic carbocycles. The molecule has 3 heterocycles. The molecule has 0 unspecified atom stereocenters. The number of piperidine rings is 2. The fraction of sp³-hybridized carbons (Fsp3) is 0.762. The average molecular weight is 372 g/mol. The maximum Gasteiger partial charge on any atom is 0.271 e. The van der Waals surface area contributed by atoms with Gasteiger partial charge in [0, 0.05) is 26.2 Å². The largest absolute Gasteiger partial charge is 0.355 e. The third kappa shape index (κ3) is 4.42. The Morgan fingerprint density at radius 2 is 1.67 bits per heavy atom. The molecule has 0 aromatic carbocycles. The van der Waals surface area contributed by atoms with Gasteiger partial charge in [-0.15, -0.1) is 0 Å². The predicted octanol–water partition coefficient (Wildman–Crippen LogP) is 2.71. The van der Waals surface area contributed by atoms with E-state index in [1.54, 1.807) is 19.4 Å². The Hall–Kier alpha value is -1.69. The molecule has 2 aliphatic heterocycles. The van der Waals surface area contributed by atoms with Crippen molar-refractivity contribution in [1.82, 2.24) is 20.2 Å². The summed E-state index contributed by atoms with van der Waals surface area (Å²) in [5.74, 6) is 2.51. The van der Waals surface area contributed by atoms with Crippen LogP contribution in [0.1, 0.15) is 61.9 Å². The van der Waals surface area contributed by atoms with E-state index in [-0.39, 0.29) is 5.91 Å². The van der Waals surface area contributed by atoms with Crippen LogP contribution in [0.5, 0.6) is 0 Å². The zero-order valence-corrected chi connectivity index (χ0v) is 16.6. The first kappa shape index (κ1) is 18.7. The van der Waals surface area contributed by atoms with E-state index in [2.05, 4.69) is 25.1 Å². The van der Waals surface area contributed by atoms with E-state index in [9.17, 15) is 4.79 Å². The van der Waals surface area contributed by atoms with Crippen LogP contribution in [0, 0.1) is 11.8 Å². The number of anilines is 1. The van der Waals surface area contributed by atoms with Gasteiger partial charge in [0.2, 0.25) is 0 Å². The van der Waals surface area contributed by atoms with Gasteiger partial charge in [0.1, 0.15) is 11.5 Å². The van der Waals surface area contributed by atoms with Crippen molar-refractivity contribution in [3.63, 3.8) is 0 Å². The van der Waals surface area contributed by atoms with Crippen LogP contribution in [0.3, 0.4) is 0 Å². The summed E-state index contributed by atoms with van der Waals surface area (Å²) in [7, 11) is 1.61. The Morgan fingerprint density at radius 3 is 2.19 bits per heavy atom. The van der Waals surface area contributed by atoms with Gasteiger partial charge in [-0.25, -0.2) is 9.97 Å². The van der Waals surface area contributed by atoms with Gasteiger partial charge in [0.15, 0.2) is 0 Å². The van der Waals surface area contributed by atoms with E-state index >= 15 is 0 Å². The SMILES string of the molecule is CNC(=O)c1cnc(N2CCC(CC3CCN(C4CCC4)CC3)CC2)cn1. The Labute approximate surface area is 162 Å². The summed E-state index contributed by atoms with van der Waals surface area (Å²) >= 11 is 0. The van der Waals surface area contributed by atoms with Crippen LogP contribution in [0.4, 0.5) is 5.82 Å². The summed E-state index contributed by atoms with van der Waals surface area (Å²) in [5, 5.41) is 2.58. The van der Waals surface area contributed by atoms with Crippen molar-refractivity contribution in [2.24, 2.45) is 11.8 Å². The fourth-order valence-electron chi connectivity index (χ4n) is 4.90. The summed E-state index contributed by atoms with van der Waals surface area (Å²) in [6, 6.07) is 0.921. The average Bonchev–Trinajstić information content (AvgIpc) is 2.68. The van der Waals surface area contributed by atoms with Gasteiger partial charge in [0.05, 0.1) is 12.4 Å². The van der Waals surface area contributed by atoms with Gasteiger partial charge in [-0.1, -0.05) is 6.42 Å². The number of amides is 1. The molecule has 0 bridgehead atoms. The lowest BCUT2D eigenvalue weighted by Crippen LogP contribution is -2.45. The van der Waals surface area contributed by atoms with Crippen LogP contribution in [0.15, 0.2) is 12.4 Å². The van der Waals surface area contributed by atoms with E-state index in [0.717, 1.165) is 36.8 Å². The minimum atomic E-state index is -0.184. The topological polar surface area (TPSA) is 61.4 Å². The Bertz CT molecular complexity index is 614. The molecule has 0 radical (unpaired) electrons. The van der Waals surface area contributed by atoms with Crippen LogP contribution in [-0.4, -0.2) is 60.0 Å². The van der Waals surface area contributed by atoms with Crippen LogP contribution < -0.4 is 10.2 Å². The molecule has 4 rings (SSSR count). The lowest BCUT2D eigenvalue weighted by Gasteiger charge is -2.42. The van der Waals surface area contributed by atoms with Crippen LogP contribution in [0.2, 0.25) is 0 Å². The molecule has 3 fully saturated rings. The molecular formula is C21H33N5O. The molecule has 1 aromatic rings. The van der Waals surface area contributed by atoms with Crippen LogP contribution in [0.25, 0.3) is 0 Å². The number of nitrogens with zero attached hydrogens (tertiary/aromatic N) is 4. The second-order valence-electron chi connectivity index (χ2n) is 8.57. The maximum atomic E-state index is 11.6. The summed E-state index contributed by atoms with van der Waals surface area (Å²) < 4.78 is 0. The highest BCUT2D eigenvalue weighted by atomic mass is 16.1. The monoisotopic (exact) mass is 371 g/mol. The quantitative estimate of drug-likeness (QED) is 0.862. The highest BCUT2D eigenvalue weighted by Crippen LogP contribution is 2.33. The van der Waals surface area contributed by atoms with Gasteiger partial charge in [0.25, 0.3) is 5.91 Å². The van der Waals surface area contributed by atoms with Gasteiger partial charge < -0.3 is 15.1 Å². The lowest BCUT2D eigenvalue weighted by atomic mass is 9.81. The van der Waals surface area contributed by atoms with Crippen LogP contribution >= 0.6 is 0 Å². The summed E-state index contributed by atoms with van der Waals surface area (Å²) in [6.07, 6.45) is 14.4. The second kappa shape index (κ2) is 8.55. The van der Waals surface area contributed by atoms with Crippen molar-refractivity contribution in [3.05, 3.63) is 18.1 Å². The number of carbonyl (C=O) groups excluding carboxylic acids is 1. The van der Waals surface area contributed by atoms with E-state index in [4.69, 9.17) is 0 Å². The summed E-state index contributed by atoms with van der Waals surface area (Å²) in [4.78, 5) is 25.3. The number of hydrogen-bond acceptors (Lipinski definition) is 5. The molecule has 6 nitrogen and oxygen atoms in total. The van der Waals surface area contributed by atoms with Crippen molar-refractivity contribution >= 4 is 11.7 Å².